The summed E-state index contributed by atoms with van der Waals surface area (Å²) in [6.07, 6.45) is 1.78. The van der Waals surface area contributed by atoms with Crippen LogP contribution in [-0.4, -0.2) is 15.7 Å². The summed E-state index contributed by atoms with van der Waals surface area (Å²) in [5.74, 6) is 0. The number of carbonyl (C=O) groups excluding carboxylic acids is 1. The van der Waals surface area contributed by atoms with Crippen molar-refractivity contribution in [1.82, 2.24) is 9.38 Å². The van der Waals surface area contributed by atoms with Crippen molar-refractivity contribution in [3.05, 3.63) is 58.9 Å². The number of carbonyl (C=O) groups is 1. The fourth-order valence-electron chi connectivity index (χ4n) is 2.29. The summed E-state index contributed by atoms with van der Waals surface area (Å²) in [5.41, 5.74) is 3.99. The normalized spacial score (nSPS) is 10.9. The molecule has 0 spiro atoms. The number of hydrogen-bond acceptors (Lipinski definition) is 2. The number of hydrogen-bond donors (Lipinski definition) is 0. The fraction of sp³-hybridized carbons (Fsp3) is 0.125. The summed E-state index contributed by atoms with van der Waals surface area (Å²) in [4.78, 5) is 15.9. The molecule has 3 rings (SSSR count). The zero-order chi connectivity index (χ0) is 14.1. The van der Waals surface area contributed by atoms with Gasteiger partial charge in [0.05, 0.1) is 0 Å². The predicted octanol–water partition coefficient (Wildman–Crippen LogP) is 4.03. The molecule has 100 valence electrons. The van der Waals surface area contributed by atoms with E-state index in [1.54, 1.807) is 10.5 Å². The Morgan fingerprint density at radius 1 is 1.20 bits per heavy atom. The predicted molar refractivity (Wildman–Crippen MR) is 80.4 cm³/mol. The van der Waals surface area contributed by atoms with Gasteiger partial charge in [-0.2, -0.15) is 0 Å². The van der Waals surface area contributed by atoms with E-state index in [9.17, 15) is 4.79 Å². The molecule has 0 amide bonds. The van der Waals surface area contributed by atoms with Crippen LogP contribution in [0.2, 0.25) is 5.15 Å². The second-order valence-electron chi connectivity index (χ2n) is 4.56. The van der Waals surface area contributed by atoms with Gasteiger partial charge in [-0.15, -0.1) is 0 Å². The minimum absolute atomic E-state index is 0.480. The molecule has 0 N–H and O–H groups in total. The quantitative estimate of drug-likeness (QED) is 0.537. The third-order valence-electron chi connectivity index (χ3n) is 3.38. The van der Waals surface area contributed by atoms with Crippen molar-refractivity contribution in [3.8, 4) is 11.3 Å². The van der Waals surface area contributed by atoms with Gasteiger partial charge >= 0.3 is 0 Å². The Labute approximate surface area is 121 Å². The lowest BCUT2D eigenvalue weighted by atomic mass is 10.1. The summed E-state index contributed by atoms with van der Waals surface area (Å²) in [6.45, 7) is 2.11. The highest BCUT2D eigenvalue weighted by Crippen LogP contribution is 2.26. The lowest BCUT2D eigenvalue weighted by Gasteiger charge is -2.01. The molecule has 0 aliphatic heterocycles. The van der Waals surface area contributed by atoms with Gasteiger partial charge in [-0.25, -0.2) is 4.98 Å². The Morgan fingerprint density at radius 2 is 1.95 bits per heavy atom. The first-order chi connectivity index (χ1) is 9.74. The van der Waals surface area contributed by atoms with Crippen molar-refractivity contribution in [2.75, 3.05) is 0 Å². The molecule has 0 unspecified atom stereocenters. The number of halogens is 1. The van der Waals surface area contributed by atoms with Crippen LogP contribution in [0.3, 0.4) is 0 Å². The Kier molecular flexibility index (Phi) is 3.28. The molecule has 3 aromatic rings. The number of nitrogens with zero attached hydrogens (tertiary/aromatic N) is 2. The Morgan fingerprint density at radius 3 is 2.60 bits per heavy atom. The first-order valence-corrected chi connectivity index (χ1v) is 6.84. The van der Waals surface area contributed by atoms with Gasteiger partial charge < -0.3 is 0 Å². The molecule has 3 nitrogen and oxygen atoms in total. The number of aldehydes is 1. The molecule has 0 atom stereocenters. The van der Waals surface area contributed by atoms with Crippen LogP contribution in [0.5, 0.6) is 0 Å². The molecule has 0 bridgehead atoms. The Hall–Kier alpha value is -2.13. The van der Waals surface area contributed by atoms with Crippen LogP contribution in [-0.2, 0) is 6.42 Å². The third-order valence-corrected chi connectivity index (χ3v) is 3.67. The molecule has 1 aromatic carbocycles. The zero-order valence-electron chi connectivity index (χ0n) is 11.0. The zero-order valence-corrected chi connectivity index (χ0v) is 11.8. The summed E-state index contributed by atoms with van der Waals surface area (Å²) < 4.78 is 1.66. The second-order valence-corrected chi connectivity index (χ2v) is 4.94. The maximum absolute atomic E-state index is 11.4. The molecule has 0 radical (unpaired) electrons. The molecule has 20 heavy (non-hydrogen) atoms. The molecular weight excluding hydrogens is 272 g/mol. The maximum Gasteiger partial charge on any atom is 0.169 e. The van der Waals surface area contributed by atoms with Crippen molar-refractivity contribution in [1.29, 1.82) is 0 Å². The first kappa shape index (κ1) is 12.9. The van der Waals surface area contributed by atoms with E-state index < -0.39 is 0 Å². The molecule has 0 saturated carbocycles. The summed E-state index contributed by atoms with van der Waals surface area (Å²) in [7, 11) is 0. The van der Waals surface area contributed by atoms with Crippen LogP contribution in [0.25, 0.3) is 16.9 Å². The average molecular weight is 285 g/mol. The van der Waals surface area contributed by atoms with E-state index in [0.717, 1.165) is 18.3 Å². The van der Waals surface area contributed by atoms with Gasteiger partial charge in [0.15, 0.2) is 6.29 Å². The number of aromatic nitrogens is 2. The lowest BCUT2D eigenvalue weighted by molar-refractivity contribution is 0.111. The van der Waals surface area contributed by atoms with Crippen LogP contribution >= 0.6 is 11.6 Å². The molecule has 2 heterocycles. The maximum atomic E-state index is 11.4. The largest absolute Gasteiger partial charge is 0.296 e. The highest BCUT2D eigenvalue weighted by molar-refractivity contribution is 6.30. The highest BCUT2D eigenvalue weighted by atomic mass is 35.5. The van der Waals surface area contributed by atoms with Crippen molar-refractivity contribution < 1.29 is 4.79 Å². The first-order valence-electron chi connectivity index (χ1n) is 6.46. The van der Waals surface area contributed by atoms with Crippen LogP contribution < -0.4 is 0 Å². The van der Waals surface area contributed by atoms with E-state index in [4.69, 9.17) is 11.6 Å². The SMILES string of the molecule is CCc1ccc(-c2nc3cccc(Cl)n3c2C=O)cc1. The molecular formula is C16H13ClN2O. The molecule has 0 fully saturated rings. The van der Waals surface area contributed by atoms with Gasteiger partial charge in [-0.1, -0.05) is 48.9 Å². The Balaban J connectivity index is 2.24. The number of pyridine rings is 1. The lowest BCUT2D eigenvalue weighted by Crippen LogP contribution is -1.93. The summed E-state index contributed by atoms with van der Waals surface area (Å²) in [6, 6.07) is 13.5. The highest BCUT2D eigenvalue weighted by Gasteiger charge is 2.14. The Bertz CT molecular complexity index is 775. The average Bonchev–Trinajstić information content (AvgIpc) is 2.87. The van der Waals surface area contributed by atoms with E-state index in [-0.39, 0.29) is 0 Å². The van der Waals surface area contributed by atoms with E-state index in [0.29, 0.717) is 22.2 Å². The minimum Gasteiger partial charge on any atom is -0.296 e. The number of benzene rings is 1. The van der Waals surface area contributed by atoms with Gasteiger partial charge in [0, 0.05) is 5.56 Å². The van der Waals surface area contributed by atoms with Crippen molar-refractivity contribution in [2.45, 2.75) is 13.3 Å². The van der Waals surface area contributed by atoms with E-state index in [1.165, 1.54) is 5.56 Å². The van der Waals surface area contributed by atoms with Gasteiger partial charge in [0.1, 0.15) is 22.2 Å². The van der Waals surface area contributed by atoms with E-state index in [1.807, 2.05) is 24.3 Å². The van der Waals surface area contributed by atoms with Crippen molar-refractivity contribution in [2.24, 2.45) is 0 Å². The van der Waals surface area contributed by atoms with Crippen LogP contribution in [0.4, 0.5) is 0 Å². The third kappa shape index (κ3) is 2.00. The van der Waals surface area contributed by atoms with E-state index in [2.05, 4.69) is 24.0 Å². The summed E-state index contributed by atoms with van der Waals surface area (Å²) >= 11 is 6.15. The topological polar surface area (TPSA) is 34.4 Å². The van der Waals surface area contributed by atoms with E-state index >= 15 is 0 Å². The van der Waals surface area contributed by atoms with Gasteiger partial charge in [-0.05, 0) is 24.1 Å². The number of imidazole rings is 1. The van der Waals surface area contributed by atoms with Crippen molar-refractivity contribution >= 4 is 23.5 Å². The molecule has 4 heteroatoms. The molecule has 0 saturated heterocycles. The summed E-state index contributed by atoms with van der Waals surface area (Å²) in [5, 5.41) is 0.480. The van der Waals surface area contributed by atoms with Crippen molar-refractivity contribution in [3.63, 3.8) is 0 Å². The van der Waals surface area contributed by atoms with Crippen LogP contribution in [0, 0.1) is 0 Å². The van der Waals surface area contributed by atoms with Gasteiger partial charge in [0.25, 0.3) is 0 Å². The molecule has 2 aromatic heterocycles. The van der Waals surface area contributed by atoms with Gasteiger partial charge in [-0.3, -0.25) is 9.20 Å². The van der Waals surface area contributed by atoms with Crippen LogP contribution in [0.1, 0.15) is 23.0 Å². The molecule has 0 aliphatic rings. The van der Waals surface area contributed by atoms with Crippen LogP contribution in [0.15, 0.2) is 42.5 Å². The number of fused-ring (bicyclic) bond motifs is 1. The fourth-order valence-corrected chi connectivity index (χ4v) is 2.55. The number of aryl methyl sites for hydroxylation is 1. The number of rotatable bonds is 3. The molecule has 0 aliphatic carbocycles. The second kappa shape index (κ2) is 5.10. The standard InChI is InChI=1S/C16H13ClN2O/c1-2-11-6-8-12(9-7-11)16-13(10-20)19-14(17)4-3-5-15(19)18-16/h3-10H,2H2,1H3. The van der Waals surface area contributed by atoms with Gasteiger partial charge in [0.2, 0.25) is 0 Å². The minimum atomic E-state index is 0.480. The monoisotopic (exact) mass is 284 g/mol. The smallest absolute Gasteiger partial charge is 0.169 e.